The number of benzene rings is 1. The molecule has 1 aromatic carbocycles. The third-order valence-electron chi connectivity index (χ3n) is 4.17. The lowest BCUT2D eigenvalue weighted by atomic mass is 10.1. The van der Waals surface area contributed by atoms with E-state index in [0.29, 0.717) is 31.2 Å². The minimum absolute atomic E-state index is 0. The molecule has 2 rings (SSSR count). The number of aliphatic imine (C=N–C) groups is 1. The minimum atomic E-state index is -4.34. The zero-order valence-electron chi connectivity index (χ0n) is 15.6. The molecule has 1 heterocycles. The molecule has 1 aliphatic heterocycles. The van der Waals surface area contributed by atoms with Crippen molar-refractivity contribution in [1.82, 2.24) is 10.6 Å². The summed E-state index contributed by atoms with van der Waals surface area (Å²) < 4.78 is 43.9. The van der Waals surface area contributed by atoms with Gasteiger partial charge in [-0.2, -0.15) is 13.2 Å². The molecule has 1 aromatic rings. The normalized spacial score (nSPS) is 16.2. The maximum absolute atomic E-state index is 12.9. The van der Waals surface area contributed by atoms with Gasteiger partial charge >= 0.3 is 6.18 Å². The van der Waals surface area contributed by atoms with Gasteiger partial charge in [0.05, 0.1) is 24.8 Å². The van der Waals surface area contributed by atoms with E-state index in [1.54, 1.807) is 6.07 Å². The number of ether oxygens (including phenoxy) is 1. The standard InChI is InChI=1S/C19H26F3N3O.HI/c1-3-23-18(24-10-7-15-8-11-26-12-9-15)25-14(2)16-5-4-6-17(13-16)19(20,21)22;/h4-6,8,13-14H,3,7,9-12H2,1-2H3,(H2,23,24,25);1H. The molecule has 1 unspecified atom stereocenters. The highest BCUT2D eigenvalue weighted by atomic mass is 127. The molecular formula is C19H27F3IN3O. The Morgan fingerprint density at radius 1 is 1.33 bits per heavy atom. The molecular weight excluding hydrogens is 470 g/mol. The predicted molar refractivity (Wildman–Crippen MR) is 113 cm³/mol. The number of nitrogens with one attached hydrogen (secondary N) is 2. The molecule has 27 heavy (non-hydrogen) atoms. The van der Waals surface area contributed by atoms with Crippen LogP contribution in [0.15, 0.2) is 40.9 Å². The number of alkyl halides is 3. The quantitative estimate of drug-likeness (QED) is 0.260. The van der Waals surface area contributed by atoms with Crippen LogP contribution >= 0.6 is 24.0 Å². The molecule has 0 radical (unpaired) electrons. The van der Waals surface area contributed by atoms with Gasteiger partial charge < -0.3 is 15.4 Å². The Hall–Kier alpha value is -1.29. The van der Waals surface area contributed by atoms with Gasteiger partial charge in [-0.1, -0.05) is 23.8 Å². The maximum atomic E-state index is 12.9. The monoisotopic (exact) mass is 497 g/mol. The van der Waals surface area contributed by atoms with E-state index in [1.807, 2.05) is 13.8 Å². The van der Waals surface area contributed by atoms with Gasteiger partial charge in [0, 0.05) is 13.1 Å². The topological polar surface area (TPSA) is 45.7 Å². The summed E-state index contributed by atoms with van der Waals surface area (Å²) in [6.45, 7) is 6.48. The Morgan fingerprint density at radius 3 is 2.74 bits per heavy atom. The summed E-state index contributed by atoms with van der Waals surface area (Å²) in [7, 11) is 0. The van der Waals surface area contributed by atoms with E-state index >= 15 is 0 Å². The molecule has 4 nitrogen and oxygen atoms in total. The molecule has 8 heteroatoms. The van der Waals surface area contributed by atoms with Gasteiger partial charge in [-0.05, 0) is 44.4 Å². The molecule has 0 aliphatic carbocycles. The van der Waals surface area contributed by atoms with Crippen LogP contribution < -0.4 is 10.6 Å². The Kier molecular flexibility index (Phi) is 10.1. The number of nitrogens with zero attached hydrogens (tertiary/aromatic N) is 1. The fourth-order valence-electron chi connectivity index (χ4n) is 2.70. The second kappa shape index (κ2) is 11.5. The first-order valence-corrected chi connectivity index (χ1v) is 8.87. The van der Waals surface area contributed by atoms with Crippen LogP contribution in [0.25, 0.3) is 0 Å². The Bertz CT molecular complexity index is 647. The zero-order valence-corrected chi connectivity index (χ0v) is 17.9. The van der Waals surface area contributed by atoms with Crippen molar-refractivity contribution >= 4 is 29.9 Å². The van der Waals surface area contributed by atoms with Gasteiger partial charge in [-0.3, -0.25) is 4.99 Å². The van der Waals surface area contributed by atoms with Crippen LogP contribution in [-0.4, -0.2) is 32.3 Å². The highest BCUT2D eigenvalue weighted by Gasteiger charge is 2.30. The first kappa shape index (κ1) is 23.7. The van der Waals surface area contributed by atoms with Crippen LogP contribution in [-0.2, 0) is 10.9 Å². The Morgan fingerprint density at radius 2 is 2.11 bits per heavy atom. The summed E-state index contributed by atoms with van der Waals surface area (Å²) in [5, 5.41) is 6.32. The van der Waals surface area contributed by atoms with E-state index in [1.165, 1.54) is 17.7 Å². The molecule has 0 bridgehead atoms. The molecule has 2 N–H and O–H groups in total. The first-order chi connectivity index (χ1) is 12.4. The zero-order chi connectivity index (χ0) is 19.0. The fourth-order valence-corrected chi connectivity index (χ4v) is 2.70. The van der Waals surface area contributed by atoms with E-state index in [4.69, 9.17) is 4.74 Å². The van der Waals surface area contributed by atoms with Gasteiger partial charge in [-0.15, -0.1) is 24.0 Å². The van der Waals surface area contributed by atoms with Crippen LogP contribution in [0.5, 0.6) is 0 Å². The smallest absolute Gasteiger partial charge is 0.377 e. The molecule has 152 valence electrons. The van der Waals surface area contributed by atoms with E-state index in [0.717, 1.165) is 25.5 Å². The van der Waals surface area contributed by atoms with E-state index < -0.39 is 11.7 Å². The lowest BCUT2D eigenvalue weighted by molar-refractivity contribution is -0.137. The van der Waals surface area contributed by atoms with Gasteiger partial charge in [0.2, 0.25) is 0 Å². The molecule has 1 atom stereocenters. The average molecular weight is 497 g/mol. The van der Waals surface area contributed by atoms with E-state index in [2.05, 4.69) is 21.7 Å². The molecule has 0 amide bonds. The Balaban J connectivity index is 0.00000364. The summed E-state index contributed by atoms with van der Waals surface area (Å²) in [4.78, 5) is 4.53. The lowest BCUT2D eigenvalue weighted by Gasteiger charge is -2.19. The highest BCUT2D eigenvalue weighted by molar-refractivity contribution is 14.0. The lowest BCUT2D eigenvalue weighted by Crippen LogP contribution is -2.38. The van der Waals surface area contributed by atoms with Gasteiger partial charge in [0.1, 0.15) is 0 Å². The van der Waals surface area contributed by atoms with Crippen molar-refractivity contribution in [2.45, 2.75) is 38.9 Å². The van der Waals surface area contributed by atoms with Crippen LogP contribution in [0.1, 0.15) is 43.9 Å². The highest BCUT2D eigenvalue weighted by Crippen LogP contribution is 2.30. The third-order valence-corrected chi connectivity index (χ3v) is 4.17. The van der Waals surface area contributed by atoms with Crippen LogP contribution in [0, 0.1) is 0 Å². The van der Waals surface area contributed by atoms with Gasteiger partial charge in [-0.25, -0.2) is 0 Å². The third kappa shape index (κ3) is 8.08. The summed E-state index contributed by atoms with van der Waals surface area (Å²) in [6, 6.07) is 5.07. The van der Waals surface area contributed by atoms with Crippen molar-refractivity contribution in [1.29, 1.82) is 0 Å². The van der Waals surface area contributed by atoms with Crippen molar-refractivity contribution in [3.05, 3.63) is 47.0 Å². The summed E-state index contributed by atoms with van der Waals surface area (Å²) in [5.41, 5.74) is 1.26. The summed E-state index contributed by atoms with van der Waals surface area (Å²) >= 11 is 0. The second-order valence-electron chi connectivity index (χ2n) is 6.19. The first-order valence-electron chi connectivity index (χ1n) is 8.87. The van der Waals surface area contributed by atoms with Crippen LogP contribution in [0.3, 0.4) is 0 Å². The van der Waals surface area contributed by atoms with E-state index in [-0.39, 0.29) is 30.0 Å². The van der Waals surface area contributed by atoms with Gasteiger partial charge in [0.15, 0.2) is 5.96 Å². The number of guanidine groups is 1. The van der Waals surface area contributed by atoms with Crippen molar-refractivity contribution in [2.24, 2.45) is 4.99 Å². The minimum Gasteiger partial charge on any atom is -0.377 e. The molecule has 0 spiro atoms. The molecule has 0 aromatic heterocycles. The van der Waals surface area contributed by atoms with Gasteiger partial charge in [0.25, 0.3) is 0 Å². The molecule has 1 aliphatic rings. The summed E-state index contributed by atoms with van der Waals surface area (Å²) in [6.07, 6.45) is -0.464. The number of hydrogen-bond acceptors (Lipinski definition) is 2. The molecule has 0 saturated carbocycles. The SMILES string of the molecule is CCNC(=NCCC1=CCOCC1)NC(C)c1cccc(C(F)(F)F)c1.I. The Labute approximate surface area is 175 Å². The van der Waals surface area contributed by atoms with Crippen molar-refractivity contribution < 1.29 is 17.9 Å². The number of rotatable bonds is 6. The van der Waals surface area contributed by atoms with Crippen molar-refractivity contribution in [3.8, 4) is 0 Å². The van der Waals surface area contributed by atoms with Crippen molar-refractivity contribution in [3.63, 3.8) is 0 Å². The van der Waals surface area contributed by atoms with Crippen LogP contribution in [0.4, 0.5) is 13.2 Å². The van der Waals surface area contributed by atoms with Crippen molar-refractivity contribution in [2.75, 3.05) is 26.3 Å². The average Bonchev–Trinajstić information content (AvgIpc) is 2.62. The number of hydrogen-bond donors (Lipinski definition) is 2. The van der Waals surface area contributed by atoms with E-state index in [9.17, 15) is 13.2 Å². The van der Waals surface area contributed by atoms with Crippen LogP contribution in [0.2, 0.25) is 0 Å². The maximum Gasteiger partial charge on any atom is 0.416 e. The molecule has 0 fully saturated rings. The number of halogens is 4. The molecule has 0 saturated heterocycles. The second-order valence-corrected chi connectivity index (χ2v) is 6.19. The fraction of sp³-hybridized carbons (Fsp3) is 0.526. The summed E-state index contributed by atoms with van der Waals surface area (Å²) in [5.74, 6) is 0.602. The predicted octanol–water partition coefficient (Wildman–Crippen LogP) is 4.68. The largest absolute Gasteiger partial charge is 0.416 e.